The van der Waals surface area contributed by atoms with Crippen LogP contribution in [0.25, 0.3) is 0 Å². The maximum atomic E-state index is 11.8. The first-order chi connectivity index (χ1) is 8.08. The summed E-state index contributed by atoms with van der Waals surface area (Å²) in [7, 11) is 0. The molecule has 17 heavy (non-hydrogen) atoms. The van der Waals surface area contributed by atoms with Crippen LogP contribution in [0.4, 0.5) is 0 Å². The fourth-order valence-electron chi connectivity index (χ4n) is 1.49. The normalized spacial score (nSPS) is 12.1. The van der Waals surface area contributed by atoms with Crippen LogP contribution in [-0.4, -0.2) is 16.9 Å². The number of aryl methyl sites for hydroxylation is 1. The zero-order chi connectivity index (χ0) is 12.8. The molecule has 0 bridgehead atoms. The minimum absolute atomic E-state index is 0.266. The molecule has 0 saturated carbocycles. The number of nitrogens with one attached hydrogen (secondary N) is 1. The Balaban J connectivity index is 2.66. The molecule has 1 aromatic rings. The van der Waals surface area contributed by atoms with Gasteiger partial charge >= 0.3 is 0 Å². The molecule has 94 valence electrons. The zero-order valence-electron chi connectivity index (χ0n) is 10.2. The maximum Gasteiger partial charge on any atom is 0.287 e. The second-order valence-electron chi connectivity index (χ2n) is 3.84. The summed E-state index contributed by atoms with van der Waals surface area (Å²) < 4.78 is 5.36. The third-order valence-electron chi connectivity index (χ3n) is 2.46. The number of furan rings is 1. The van der Waals surface area contributed by atoms with Gasteiger partial charge in [0, 0.05) is 6.42 Å². The van der Waals surface area contributed by atoms with E-state index >= 15 is 0 Å². The van der Waals surface area contributed by atoms with E-state index in [0.29, 0.717) is 10.7 Å². The summed E-state index contributed by atoms with van der Waals surface area (Å²) in [5.74, 6) is 0.827. The quantitative estimate of drug-likeness (QED) is 0.762. The first-order valence-electron chi connectivity index (χ1n) is 5.77. The van der Waals surface area contributed by atoms with Crippen molar-refractivity contribution in [1.82, 2.24) is 5.32 Å². The van der Waals surface area contributed by atoms with Gasteiger partial charge in [-0.05, 0) is 18.6 Å². The van der Waals surface area contributed by atoms with Crippen LogP contribution < -0.4 is 11.1 Å². The van der Waals surface area contributed by atoms with Gasteiger partial charge in [0.1, 0.15) is 5.76 Å². The molecule has 0 aliphatic heterocycles. The predicted molar refractivity (Wildman–Crippen MR) is 71.0 cm³/mol. The highest BCUT2D eigenvalue weighted by atomic mass is 32.1. The SMILES string of the molecule is CCCC(NC(=O)c1ccc(CC)o1)C(N)=S. The Morgan fingerprint density at radius 2 is 2.24 bits per heavy atom. The summed E-state index contributed by atoms with van der Waals surface area (Å²) in [4.78, 5) is 12.2. The monoisotopic (exact) mass is 254 g/mol. The topological polar surface area (TPSA) is 68.3 Å². The Labute approximate surface area is 107 Å². The van der Waals surface area contributed by atoms with Crippen LogP contribution in [-0.2, 0) is 6.42 Å². The van der Waals surface area contributed by atoms with Gasteiger partial charge in [0.25, 0.3) is 5.91 Å². The smallest absolute Gasteiger partial charge is 0.287 e. The number of carbonyl (C=O) groups is 1. The Morgan fingerprint density at radius 1 is 1.53 bits per heavy atom. The molecule has 1 unspecified atom stereocenters. The van der Waals surface area contributed by atoms with Crippen molar-refractivity contribution in [2.75, 3.05) is 0 Å². The predicted octanol–water partition coefficient (Wildman–Crippen LogP) is 2.03. The van der Waals surface area contributed by atoms with Crippen molar-refractivity contribution in [3.8, 4) is 0 Å². The third kappa shape index (κ3) is 3.85. The highest BCUT2D eigenvalue weighted by Crippen LogP contribution is 2.09. The molecule has 0 fully saturated rings. The minimum atomic E-state index is -0.268. The van der Waals surface area contributed by atoms with Crippen molar-refractivity contribution in [1.29, 1.82) is 0 Å². The molecular formula is C12H18N2O2S. The summed E-state index contributed by atoms with van der Waals surface area (Å²) in [6.07, 6.45) is 2.41. The molecule has 0 aromatic carbocycles. The number of hydrogen-bond donors (Lipinski definition) is 2. The van der Waals surface area contributed by atoms with Crippen molar-refractivity contribution in [2.24, 2.45) is 5.73 Å². The summed E-state index contributed by atoms with van der Waals surface area (Å²) >= 11 is 4.91. The van der Waals surface area contributed by atoms with Crippen molar-refractivity contribution >= 4 is 23.1 Å². The van der Waals surface area contributed by atoms with Crippen LogP contribution in [0.5, 0.6) is 0 Å². The van der Waals surface area contributed by atoms with Crippen molar-refractivity contribution in [2.45, 2.75) is 39.2 Å². The summed E-state index contributed by atoms with van der Waals surface area (Å²) in [6, 6.07) is 3.19. The number of amides is 1. The van der Waals surface area contributed by atoms with E-state index in [0.717, 1.165) is 25.0 Å². The lowest BCUT2D eigenvalue weighted by molar-refractivity contribution is 0.0916. The molecule has 0 saturated heterocycles. The summed E-state index contributed by atoms with van der Waals surface area (Å²) in [5.41, 5.74) is 5.57. The Kier molecular flexibility index (Phi) is 5.15. The minimum Gasteiger partial charge on any atom is -0.456 e. The van der Waals surface area contributed by atoms with E-state index < -0.39 is 0 Å². The van der Waals surface area contributed by atoms with E-state index in [9.17, 15) is 4.79 Å². The van der Waals surface area contributed by atoms with Gasteiger partial charge in [0.15, 0.2) is 5.76 Å². The lowest BCUT2D eigenvalue weighted by atomic mass is 10.1. The van der Waals surface area contributed by atoms with Gasteiger partial charge in [0.05, 0.1) is 11.0 Å². The average molecular weight is 254 g/mol. The first-order valence-corrected chi connectivity index (χ1v) is 6.18. The van der Waals surface area contributed by atoms with E-state index in [4.69, 9.17) is 22.4 Å². The average Bonchev–Trinajstić information content (AvgIpc) is 2.76. The maximum absolute atomic E-state index is 11.8. The summed E-state index contributed by atoms with van der Waals surface area (Å²) in [6.45, 7) is 3.98. The van der Waals surface area contributed by atoms with Crippen LogP contribution in [0.3, 0.4) is 0 Å². The van der Waals surface area contributed by atoms with Gasteiger partial charge in [0.2, 0.25) is 0 Å². The molecular weight excluding hydrogens is 236 g/mol. The van der Waals surface area contributed by atoms with Crippen LogP contribution in [0.2, 0.25) is 0 Å². The molecule has 1 heterocycles. The van der Waals surface area contributed by atoms with Crippen molar-refractivity contribution in [3.63, 3.8) is 0 Å². The van der Waals surface area contributed by atoms with Gasteiger partial charge in [-0.25, -0.2) is 0 Å². The van der Waals surface area contributed by atoms with Crippen molar-refractivity contribution in [3.05, 3.63) is 23.7 Å². The fourth-order valence-corrected chi connectivity index (χ4v) is 1.67. The zero-order valence-corrected chi connectivity index (χ0v) is 11.0. The van der Waals surface area contributed by atoms with Crippen LogP contribution >= 0.6 is 12.2 Å². The molecule has 1 atom stereocenters. The van der Waals surface area contributed by atoms with E-state index in [1.807, 2.05) is 13.8 Å². The highest BCUT2D eigenvalue weighted by molar-refractivity contribution is 7.80. The number of hydrogen-bond acceptors (Lipinski definition) is 3. The molecule has 1 aromatic heterocycles. The van der Waals surface area contributed by atoms with Gasteiger partial charge < -0.3 is 15.5 Å². The van der Waals surface area contributed by atoms with E-state index in [1.54, 1.807) is 12.1 Å². The van der Waals surface area contributed by atoms with Crippen LogP contribution in [0.15, 0.2) is 16.5 Å². The Morgan fingerprint density at radius 3 is 2.71 bits per heavy atom. The largest absolute Gasteiger partial charge is 0.456 e. The standard InChI is InChI=1S/C12H18N2O2S/c1-3-5-9(11(13)17)14-12(15)10-7-6-8(4-2)16-10/h6-7,9H,3-5H2,1-2H3,(H2,13,17)(H,14,15). The second kappa shape index (κ2) is 6.39. The fraction of sp³-hybridized carbons (Fsp3) is 0.500. The number of rotatable bonds is 6. The molecule has 1 rings (SSSR count). The Bertz CT molecular complexity index is 401. The second-order valence-corrected chi connectivity index (χ2v) is 4.31. The van der Waals surface area contributed by atoms with Crippen LogP contribution in [0, 0.1) is 0 Å². The molecule has 1 amide bonds. The van der Waals surface area contributed by atoms with E-state index in [1.165, 1.54) is 0 Å². The van der Waals surface area contributed by atoms with Gasteiger partial charge in [-0.3, -0.25) is 4.79 Å². The molecule has 0 spiro atoms. The molecule has 0 aliphatic rings. The highest BCUT2D eigenvalue weighted by Gasteiger charge is 2.17. The van der Waals surface area contributed by atoms with Gasteiger partial charge in [-0.2, -0.15) is 0 Å². The number of nitrogens with two attached hydrogens (primary N) is 1. The molecule has 5 heteroatoms. The van der Waals surface area contributed by atoms with E-state index in [2.05, 4.69) is 5.32 Å². The molecule has 4 nitrogen and oxygen atoms in total. The number of thiocarbonyl (C=S) groups is 1. The first kappa shape index (κ1) is 13.7. The van der Waals surface area contributed by atoms with Gasteiger partial charge in [-0.1, -0.05) is 32.5 Å². The van der Waals surface area contributed by atoms with E-state index in [-0.39, 0.29) is 11.9 Å². The molecule has 0 radical (unpaired) electrons. The molecule has 0 aliphatic carbocycles. The van der Waals surface area contributed by atoms with Crippen LogP contribution in [0.1, 0.15) is 43.0 Å². The summed E-state index contributed by atoms with van der Waals surface area (Å²) in [5, 5.41) is 2.77. The third-order valence-corrected chi connectivity index (χ3v) is 2.74. The molecule has 3 N–H and O–H groups in total. The van der Waals surface area contributed by atoms with Gasteiger partial charge in [-0.15, -0.1) is 0 Å². The lowest BCUT2D eigenvalue weighted by Crippen LogP contribution is -2.43. The Hall–Kier alpha value is -1.36. The lowest BCUT2D eigenvalue weighted by Gasteiger charge is -2.15. The van der Waals surface area contributed by atoms with Crippen molar-refractivity contribution < 1.29 is 9.21 Å². The number of carbonyl (C=O) groups excluding carboxylic acids is 1.